The summed E-state index contributed by atoms with van der Waals surface area (Å²) in [4.78, 5) is 12.6. The third kappa shape index (κ3) is 5.33. The second kappa shape index (κ2) is 9.37. The molecule has 0 spiro atoms. The van der Waals surface area contributed by atoms with Crippen LogP contribution in [0.2, 0.25) is 0 Å². The monoisotopic (exact) mass is 420 g/mol. The summed E-state index contributed by atoms with van der Waals surface area (Å²) in [6.45, 7) is 3.41. The van der Waals surface area contributed by atoms with E-state index in [-0.39, 0.29) is 29.8 Å². The van der Waals surface area contributed by atoms with Gasteiger partial charge in [0.15, 0.2) is 0 Å². The Hall–Kier alpha value is -2.45. The normalized spacial score (nSPS) is 15.8. The molecule has 2 aromatic rings. The predicted molar refractivity (Wildman–Crippen MR) is 107 cm³/mol. The molecule has 0 bridgehead atoms. The van der Waals surface area contributed by atoms with E-state index in [0.717, 1.165) is 23.4 Å². The van der Waals surface area contributed by atoms with Gasteiger partial charge < -0.3 is 10.1 Å². The first-order chi connectivity index (χ1) is 13.9. The first-order valence-corrected chi connectivity index (χ1v) is 11.1. The van der Waals surface area contributed by atoms with Gasteiger partial charge in [0.1, 0.15) is 11.6 Å². The van der Waals surface area contributed by atoms with Crippen molar-refractivity contribution in [1.29, 1.82) is 0 Å². The summed E-state index contributed by atoms with van der Waals surface area (Å²) in [7, 11) is -3.67. The summed E-state index contributed by atoms with van der Waals surface area (Å²) in [5.41, 5.74) is 0.945. The quantitative estimate of drug-likeness (QED) is 0.747. The van der Waals surface area contributed by atoms with Crippen LogP contribution in [0, 0.1) is 11.7 Å². The van der Waals surface area contributed by atoms with Gasteiger partial charge in [0.05, 0.1) is 11.5 Å². The van der Waals surface area contributed by atoms with E-state index in [1.54, 1.807) is 0 Å². The molecule has 2 aromatic carbocycles. The van der Waals surface area contributed by atoms with Gasteiger partial charge in [-0.2, -0.15) is 4.31 Å². The first-order valence-electron chi connectivity index (χ1n) is 9.65. The summed E-state index contributed by atoms with van der Waals surface area (Å²) < 4.78 is 45.2. The fraction of sp³-hybridized carbons (Fsp3) is 0.381. The van der Waals surface area contributed by atoms with Gasteiger partial charge in [-0.15, -0.1) is 0 Å². The molecular formula is C21H25FN2O4S. The maximum atomic E-state index is 13.1. The Balaban J connectivity index is 1.53. The molecule has 1 N–H and O–H groups in total. The van der Waals surface area contributed by atoms with E-state index < -0.39 is 15.8 Å². The van der Waals surface area contributed by atoms with Crippen molar-refractivity contribution in [2.45, 2.75) is 31.2 Å². The van der Waals surface area contributed by atoms with Crippen LogP contribution in [-0.2, 0) is 21.4 Å². The Bertz CT molecular complexity index is 939. The molecule has 1 aliphatic rings. The molecule has 1 saturated heterocycles. The average molecular weight is 421 g/mol. The van der Waals surface area contributed by atoms with Crippen molar-refractivity contribution in [3.63, 3.8) is 0 Å². The molecule has 1 aliphatic heterocycles. The van der Waals surface area contributed by atoms with E-state index in [1.807, 2.05) is 31.2 Å². The van der Waals surface area contributed by atoms with Crippen molar-refractivity contribution >= 4 is 15.9 Å². The topological polar surface area (TPSA) is 75.7 Å². The smallest absolute Gasteiger partial charge is 0.243 e. The lowest BCUT2D eigenvalue weighted by Crippen LogP contribution is -2.42. The fourth-order valence-corrected chi connectivity index (χ4v) is 4.83. The van der Waals surface area contributed by atoms with Crippen LogP contribution in [0.4, 0.5) is 4.39 Å². The van der Waals surface area contributed by atoms with Gasteiger partial charge >= 0.3 is 0 Å². The van der Waals surface area contributed by atoms with Crippen LogP contribution in [-0.4, -0.2) is 38.3 Å². The summed E-state index contributed by atoms with van der Waals surface area (Å²) in [6, 6.07) is 12.3. The highest BCUT2D eigenvalue weighted by Gasteiger charge is 2.32. The standard InChI is InChI=1S/C21H25FN2O4S/c1-2-28-19-5-3-4-16(14-19)15-23-21(25)17-10-12-24(13-11-17)29(26,27)20-8-6-18(22)7-9-20/h3-9,14,17H,2,10-13,15H2,1H3,(H,23,25). The molecule has 6 nitrogen and oxygen atoms in total. The highest BCUT2D eigenvalue weighted by molar-refractivity contribution is 7.89. The number of nitrogens with zero attached hydrogens (tertiary/aromatic N) is 1. The molecule has 8 heteroatoms. The number of rotatable bonds is 7. The number of piperidine rings is 1. The van der Waals surface area contributed by atoms with Crippen LogP contribution in [0.15, 0.2) is 53.4 Å². The number of hydrogen-bond acceptors (Lipinski definition) is 4. The van der Waals surface area contributed by atoms with E-state index in [0.29, 0.717) is 26.0 Å². The Morgan fingerprint density at radius 3 is 2.52 bits per heavy atom. The number of ether oxygens (including phenoxy) is 1. The van der Waals surface area contributed by atoms with Crippen LogP contribution in [0.1, 0.15) is 25.3 Å². The third-order valence-electron chi connectivity index (χ3n) is 4.95. The Morgan fingerprint density at radius 2 is 1.86 bits per heavy atom. The van der Waals surface area contributed by atoms with Crippen LogP contribution in [0.5, 0.6) is 5.75 Å². The maximum absolute atomic E-state index is 13.1. The van der Waals surface area contributed by atoms with Gasteiger partial charge in [0.2, 0.25) is 15.9 Å². The molecule has 1 fully saturated rings. The summed E-state index contributed by atoms with van der Waals surface area (Å²) >= 11 is 0. The van der Waals surface area contributed by atoms with Crippen molar-refractivity contribution in [2.75, 3.05) is 19.7 Å². The summed E-state index contributed by atoms with van der Waals surface area (Å²) in [5, 5.41) is 2.93. The van der Waals surface area contributed by atoms with E-state index in [1.165, 1.54) is 16.4 Å². The molecule has 1 heterocycles. The number of benzene rings is 2. The van der Waals surface area contributed by atoms with Crippen molar-refractivity contribution in [1.82, 2.24) is 9.62 Å². The van der Waals surface area contributed by atoms with E-state index in [2.05, 4.69) is 5.32 Å². The molecule has 3 rings (SSSR count). The number of sulfonamides is 1. The minimum atomic E-state index is -3.67. The van der Waals surface area contributed by atoms with Crippen molar-refractivity contribution in [3.05, 3.63) is 59.9 Å². The lowest BCUT2D eigenvalue weighted by atomic mass is 9.97. The Labute approximate surface area is 170 Å². The fourth-order valence-electron chi connectivity index (χ4n) is 3.36. The van der Waals surface area contributed by atoms with Crippen molar-refractivity contribution < 1.29 is 22.3 Å². The molecule has 0 atom stereocenters. The molecular weight excluding hydrogens is 395 g/mol. The largest absolute Gasteiger partial charge is 0.494 e. The maximum Gasteiger partial charge on any atom is 0.243 e. The summed E-state index contributed by atoms with van der Waals surface area (Å²) in [6.07, 6.45) is 0.899. The molecule has 0 aromatic heterocycles. The number of nitrogens with one attached hydrogen (secondary N) is 1. The van der Waals surface area contributed by atoms with Gasteiger partial charge in [0, 0.05) is 25.6 Å². The minimum absolute atomic E-state index is 0.0657. The van der Waals surface area contributed by atoms with Gasteiger partial charge in [-0.05, 0) is 61.7 Å². The van der Waals surface area contributed by atoms with Crippen molar-refractivity contribution in [2.24, 2.45) is 5.92 Å². The van der Waals surface area contributed by atoms with E-state index in [4.69, 9.17) is 4.74 Å². The number of carbonyl (C=O) groups is 1. The molecule has 29 heavy (non-hydrogen) atoms. The number of amides is 1. The lowest BCUT2D eigenvalue weighted by Gasteiger charge is -2.30. The number of hydrogen-bond donors (Lipinski definition) is 1. The lowest BCUT2D eigenvalue weighted by molar-refractivity contribution is -0.126. The van der Waals surface area contributed by atoms with Gasteiger partial charge in [-0.25, -0.2) is 12.8 Å². The predicted octanol–water partition coefficient (Wildman–Crippen LogP) is 2.94. The number of halogens is 1. The molecule has 0 aliphatic carbocycles. The third-order valence-corrected chi connectivity index (χ3v) is 6.87. The number of carbonyl (C=O) groups excluding carboxylic acids is 1. The second-order valence-electron chi connectivity index (χ2n) is 6.93. The van der Waals surface area contributed by atoms with Gasteiger partial charge in [0.25, 0.3) is 0 Å². The minimum Gasteiger partial charge on any atom is -0.494 e. The zero-order valence-corrected chi connectivity index (χ0v) is 17.1. The Morgan fingerprint density at radius 1 is 1.17 bits per heavy atom. The molecule has 0 radical (unpaired) electrons. The van der Waals surface area contributed by atoms with Gasteiger partial charge in [-0.3, -0.25) is 4.79 Å². The van der Waals surface area contributed by atoms with Crippen LogP contribution in [0.25, 0.3) is 0 Å². The van der Waals surface area contributed by atoms with Crippen LogP contribution in [0.3, 0.4) is 0 Å². The molecule has 0 saturated carbocycles. The zero-order valence-electron chi connectivity index (χ0n) is 16.3. The van der Waals surface area contributed by atoms with E-state index >= 15 is 0 Å². The second-order valence-corrected chi connectivity index (χ2v) is 8.87. The highest BCUT2D eigenvalue weighted by atomic mass is 32.2. The molecule has 1 amide bonds. The van der Waals surface area contributed by atoms with Crippen LogP contribution < -0.4 is 10.1 Å². The van der Waals surface area contributed by atoms with Crippen molar-refractivity contribution in [3.8, 4) is 5.75 Å². The molecule has 156 valence electrons. The highest BCUT2D eigenvalue weighted by Crippen LogP contribution is 2.24. The first kappa shape index (κ1) is 21.3. The average Bonchev–Trinajstić information content (AvgIpc) is 2.73. The summed E-state index contributed by atoms with van der Waals surface area (Å²) in [5.74, 6) is -0.0277. The van der Waals surface area contributed by atoms with Crippen LogP contribution >= 0.6 is 0 Å². The van der Waals surface area contributed by atoms with Gasteiger partial charge in [-0.1, -0.05) is 12.1 Å². The molecule has 0 unspecified atom stereocenters. The SMILES string of the molecule is CCOc1cccc(CNC(=O)C2CCN(S(=O)(=O)c3ccc(F)cc3)CC2)c1. The van der Waals surface area contributed by atoms with E-state index in [9.17, 15) is 17.6 Å². The zero-order chi connectivity index (χ0) is 20.9. The Kier molecular flexibility index (Phi) is 6.87.